The summed E-state index contributed by atoms with van der Waals surface area (Å²) >= 11 is 0.217. The van der Waals surface area contributed by atoms with E-state index in [9.17, 15) is 22.8 Å². The number of esters is 1. The monoisotopic (exact) mass is 400 g/mol. The van der Waals surface area contributed by atoms with Gasteiger partial charge in [-0.3, -0.25) is 0 Å². The van der Waals surface area contributed by atoms with Gasteiger partial charge < -0.3 is 9.64 Å². The molecule has 27 heavy (non-hydrogen) atoms. The molecule has 0 N–H and O–H groups in total. The molecule has 2 amide bonds. The van der Waals surface area contributed by atoms with Gasteiger partial charge in [0.2, 0.25) is 16.4 Å². The molecule has 2 heterocycles. The smallest absolute Gasteiger partial charge is 0.435 e. The van der Waals surface area contributed by atoms with Crippen LogP contribution in [0.2, 0.25) is 0 Å². The fraction of sp³-hybridized carbons (Fsp3) is 0.375. The van der Waals surface area contributed by atoms with Crippen LogP contribution in [0.3, 0.4) is 0 Å². The summed E-state index contributed by atoms with van der Waals surface area (Å²) in [6, 6.07) is 6.22. The zero-order chi connectivity index (χ0) is 19.8. The molecule has 144 valence electrons. The van der Waals surface area contributed by atoms with E-state index in [4.69, 9.17) is 4.74 Å². The van der Waals surface area contributed by atoms with Crippen molar-refractivity contribution in [1.82, 2.24) is 15.1 Å². The molecule has 0 aliphatic carbocycles. The zero-order valence-corrected chi connectivity index (χ0v) is 15.2. The maximum absolute atomic E-state index is 12.8. The minimum absolute atomic E-state index is 0.000202. The summed E-state index contributed by atoms with van der Waals surface area (Å²) in [5.41, 5.74) is 1.11. The number of aromatic nitrogens is 2. The number of ether oxygens (including phenoxy) is 1. The minimum Gasteiger partial charge on any atom is -0.435 e. The molecule has 1 aromatic heterocycles. The van der Waals surface area contributed by atoms with E-state index in [1.54, 1.807) is 24.3 Å². The quantitative estimate of drug-likeness (QED) is 0.737. The summed E-state index contributed by atoms with van der Waals surface area (Å²) in [6.07, 6.45) is -5.17. The molecule has 1 fully saturated rings. The van der Waals surface area contributed by atoms with E-state index in [2.05, 4.69) is 10.2 Å². The maximum atomic E-state index is 12.8. The van der Waals surface area contributed by atoms with Crippen molar-refractivity contribution < 1.29 is 27.5 Å². The Morgan fingerprint density at radius 2 is 2.04 bits per heavy atom. The number of halogens is 3. The first-order chi connectivity index (χ1) is 12.7. The molecule has 1 atom stereocenters. The Kier molecular flexibility index (Phi) is 5.05. The number of alkyl halides is 3. The average Bonchev–Trinajstić information content (AvgIpc) is 3.20. The van der Waals surface area contributed by atoms with Gasteiger partial charge >= 0.3 is 18.2 Å². The van der Waals surface area contributed by atoms with Crippen LogP contribution in [0.4, 0.5) is 23.1 Å². The molecular weight excluding hydrogens is 385 g/mol. The zero-order valence-electron chi connectivity index (χ0n) is 14.4. The minimum atomic E-state index is -4.67. The second-order valence-electron chi connectivity index (χ2n) is 5.79. The summed E-state index contributed by atoms with van der Waals surface area (Å²) < 4.78 is 43.8. The van der Waals surface area contributed by atoms with E-state index >= 15 is 0 Å². The van der Waals surface area contributed by atoms with Gasteiger partial charge in [0.15, 0.2) is 0 Å². The predicted molar refractivity (Wildman–Crippen MR) is 90.4 cm³/mol. The van der Waals surface area contributed by atoms with Crippen LogP contribution in [-0.2, 0) is 17.3 Å². The third-order valence-corrected chi connectivity index (χ3v) is 4.94. The number of rotatable bonds is 4. The molecule has 1 aliphatic heterocycles. The van der Waals surface area contributed by atoms with Gasteiger partial charge in [0.1, 0.15) is 0 Å². The molecule has 0 bridgehead atoms. The summed E-state index contributed by atoms with van der Waals surface area (Å²) in [7, 11) is 1.45. The number of benzene rings is 1. The normalized spacial score (nSPS) is 17.5. The lowest BCUT2D eigenvalue weighted by molar-refractivity contribution is -0.138. The van der Waals surface area contributed by atoms with Crippen LogP contribution in [0.15, 0.2) is 24.3 Å². The van der Waals surface area contributed by atoms with E-state index in [1.165, 1.54) is 11.9 Å². The molecule has 1 unspecified atom stereocenters. The maximum Gasteiger partial charge on any atom is 0.445 e. The lowest BCUT2D eigenvalue weighted by Crippen LogP contribution is -2.37. The van der Waals surface area contributed by atoms with Gasteiger partial charge in [0.25, 0.3) is 0 Å². The molecular formula is C16H15F3N4O3S. The van der Waals surface area contributed by atoms with Gasteiger partial charge in [0.05, 0.1) is 12.1 Å². The molecule has 0 saturated carbocycles. The van der Waals surface area contributed by atoms with Crippen molar-refractivity contribution >= 4 is 28.5 Å². The molecule has 1 aliphatic rings. The highest BCUT2D eigenvalue weighted by Gasteiger charge is 2.43. The first-order valence-corrected chi connectivity index (χ1v) is 8.78. The number of carbonyl (C=O) groups is 2. The van der Waals surface area contributed by atoms with Crippen molar-refractivity contribution in [1.29, 1.82) is 0 Å². The summed E-state index contributed by atoms with van der Waals surface area (Å²) in [4.78, 5) is 27.0. The Hall–Kier alpha value is -2.69. The highest BCUT2D eigenvalue weighted by molar-refractivity contribution is 7.15. The van der Waals surface area contributed by atoms with Crippen LogP contribution in [0.5, 0.6) is 0 Å². The average molecular weight is 400 g/mol. The van der Waals surface area contributed by atoms with Crippen molar-refractivity contribution in [3.8, 4) is 0 Å². The lowest BCUT2D eigenvalue weighted by Gasteiger charge is -2.20. The van der Waals surface area contributed by atoms with Crippen molar-refractivity contribution in [2.75, 3.05) is 18.5 Å². The highest BCUT2D eigenvalue weighted by atomic mass is 32.1. The van der Waals surface area contributed by atoms with Gasteiger partial charge in [-0.25, -0.2) is 14.5 Å². The first kappa shape index (κ1) is 19.1. The fourth-order valence-corrected chi connectivity index (χ4v) is 3.38. The number of aryl methyl sites for hydroxylation is 1. The molecule has 0 spiro atoms. The van der Waals surface area contributed by atoms with Crippen molar-refractivity contribution in [2.45, 2.75) is 25.7 Å². The largest absolute Gasteiger partial charge is 0.445 e. The van der Waals surface area contributed by atoms with Crippen molar-refractivity contribution in [3.05, 3.63) is 40.4 Å². The SMILES string of the molecule is CCc1ccccc1C(=O)OC1CN(C)C(=O)N1c1nnc(C(F)(F)F)s1. The van der Waals surface area contributed by atoms with Gasteiger partial charge in [-0.15, -0.1) is 10.2 Å². The van der Waals surface area contributed by atoms with Gasteiger partial charge in [-0.2, -0.15) is 13.2 Å². The number of carbonyl (C=O) groups excluding carboxylic acids is 2. The van der Waals surface area contributed by atoms with Crippen LogP contribution >= 0.6 is 11.3 Å². The topological polar surface area (TPSA) is 75.6 Å². The number of likely N-dealkylation sites (N-methyl/N-ethyl adjacent to an activating group) is 1. The highest BCUT2D eigenvalue weighted by Crippen LogP contribution is 2.36. The van der Waals surface area contributed by atoms with Crippen LogP contribution in [0, 0.1) is 0 Å². The Morgan fingerprint density at radius 3 is 2.67 bits per heavy atom. The van der Waals surface area contributed by atoms with Crippen LogP contribution < -0.4 is 4.90 Å². The summed E-state index contributed by atoms with van der Waals surface area (Å²) in [5.74, 6) is -0.661. The lowest BCUT2D eigenvalue weighted by atomic mass is 10.1. The van der Waals surface area contributed by atoms with E-state index < -0.39 is 29.4 Å². The Labute approximate surface area is 156 Å². The van der Waals surface area contributed by atoms with Crippen molar-refractivity contribution in [3.63, 3.8) is 0 Å². The molecule has 1 saturated heterocycles. The van der Waals surface area contributed by atoms with Crippen LogP contribution in [0.25, 0.3) is 0 Å². The Balaban J connectivity index is 1.86. The summed E-state index contributed by atoms with van der Waals surface area (Å²) in [5, 5.41) is 5.07. The molecule has 1 aromatic carbocycles. The predicted octanol–water partition coefficient (Wildman–Crippen LogP) is 3.17. The molecule has 7 nitrogen and oxygen atoms in total. The Bertz CT molecular complexity index is 871. The van der Waals surface area contributed by atoms with Crippen molar-refractivity contribution in [2.24, 2.45) is 0 Å². The second-order valence-corrected chi connectivity index (χ2v) is 6.75. The number of nitrogens with zero attached hydrogens (tertiary/aromatic N) is 4. The van der Waals surface area contributed by atoms with E-state index in [1.807, 2.05) is 6.92 Å². The number of amides is 2. The van der Waals surface area contributed by atoms with E-state index in [0.717, 1.165) is 10.5 Å². The van der Waals surface area contributed by atoms with Gasteiger partial charge in [-0.05, 0) is 18.1 Å². The number of urea groups is 1. The third-order valence-electron chi connectivity index (χ3n) is 3.97. The number of hydrogen-bond acceptors (Lipinski definition) is 6. The molecule has 2 aromatic rings. The van der Waals surface area contributed by atoms with E-state index in [-0.39, 0.29) is 23.0 Å². The van der Waals surface area contributed by atoms with Gasteiger partial charge in [-0.1, -0.05) is 36.5 Å². The molecule has 0 radical (unpaired) electrons. The first-order valence-electron chi connectivity index (χ1n) is 7.96. The molecule has 11 heteroatoms. The summed E-state index contributed by atoms with van der Waals surface area (Å²) in [6.45, 7) is 1.88. The standard InChI is InChI=1S/C16H15F3N4O3S/c1-3-9-6-4-5-7-10(9)12(24)26-11-8-22(2)15(25)23(11)14-21-20-13(27-14)16(17,18)19/h4-7,11H,3,8H2,1-2H3. The van der Waals surface area contributed by atoms with Gasteiger partial charge in [0, 0.05) is 7.05 Å². The van der Waals surface area contributed by atoms with E-state index in [0.29, 0.717) is 12.0 Å². The number of hydrogen-bond donors (Lipinski definition) is 0. The van der Waals surface area contributed by atoms with Crippen LogP contribution in [0.1, 0.15) is 27.9 Å². The second kappa shape index (κ2) is 7.14. The van der Waals surface area contributed by atoms with Crippen LogP contribution in [-0.4, -0.2) is 46.9 Å². The number of anilines is 1. The fourth-order valence-electron chi connectivity index (χ4n) is 2.64. The Morgan fingerprint density at radius 1 is 1.33 bits per heavy atom. The molecule has 3 rings (SSSR count). The third kappa shape index (κ3) is 3.72.